The van der Waals surface area contributed by atoms with E-state index in [1.165, 1.54) is 0 Å². The number of carbonyl (C=O) groups excluding carboxylic acids is 1. The molecule has 2 amide bonds. The van der Waals surface area contributed by atoms with Gasteiger partial charge in [-0.1, -0.05) is 0 Å². The number of pyridine rings is 1. The number of amides is 2. The molecule has 4 aromatic rings. The van der Waals surface area contributed by atoms with Gasteiger partial charge in [0.1, 0.15) is 29.0 Å². The molecule has 4 N–H and O–H groups in total. The number of urea groups is 1. The number of nitrogens with zero attached hydrogens (tertiary/aromatic N) is 3. The standard InChI is InChI=1S/C26H27N7O2/c1-4-35-22-11-9-21(10-12-22)32-26(34)31-20-7-5-19(6-8-20)30-24-16-25(29-18(3)28-24)33-23-15-17(2)13-14-27-23/h5-16H,4H2,1-3H3,(H2,31,32,34)(H2,27,28,29,30,33). The molecule has 0 radical (unpaired) electrons. The van der Waals surface area contributed by atoms with E-state index in [-0.39, 0.29) is 6.03 Å². The van der Waals surface area contributed by atoms with Crippen LogP contribution in [0.5, 0.6) is 5.75 Å². The summed E-state index contributed by atoms with van der Waals surface area (Å²) in [5.41, 5.74) is 3.26. The van der Waals surface area contributed by atoms with Crippen LogP contribution in [0.2, 0.25) is 0 Å². The number of aryl methyl sites for hydroxylation is 2. The largest absolute Gasteiger partial charge is 0.494 e. The lowest BCUT2D eigenvalue weighted by atomic mass is 10.2. The average molecular weight is 470 g/mol. The van der Waals surface area contributed by atoms with Crippen LogP contribution in [-0.2, 0) is 0 Å². The molecule has 0 atom stereocenters. The Bertz CT molecular complexity index is 1290. The molecule has 2 heterocycles. The van der Waals surface area contributed by atoms with Gasteiger partial charge in [-0.15, -0.1) is 0 Å². The number of hydrogen-bond acceptors (Lipinski definition) is 7. The second-order valence-corrected chi connectivity index (χ2v) is 7.77. The molecular weight excluding hydrogens is 442 g/mol. The summed E-state index contributed by atoms with van der Waals surface area (Å²) in [6.07, 6.45) is 1.75. The van der Waals surface area contributed by atoms with E-state index in [1.54, 1.807) is 18.3 Å². The Hall–Kier alpha value is -4.66. The SMILES string of the molecule is CCOc1ccc(NC(=O)Nc2ccc(Nc3cc(Nc4cc(C)ccn4)nc(C)n3)cc2)cc1. The summed E-state index contributed by atoms with van der Waals surface area (Å²) in [6, 6.07) is 19.9. The van der Waals surface area contributed by atoms with E-state index in [4.69, 9.17) is 4.74 Å². The van der Waals surface area contributed by atoms with Crippen molar-refractivity contribution in [3.05, 3.63) is 84.3 Å². The van der Waals surface area contributed by atoms with Crippen molar-refractivity contribution in [3.8, 4) is 5.75 Å². The van der Waals surface area contributed by atoms with Crippen LogP contribution in [0.4, 0.5) is 39.3 Å². The average Bonchev–Trinajstić information content (AvgIpc) is 2.81. The first-order valence-corrected chi connectivity index (χ1v) is 11.2. The molecule has 0 fully saturated rings. The minimum atomic E-state index is -0.332. The highest BCUT2D eigenvalue weighted by Crippen LogP contribution is 2.22. The fraction of sp³-hybridized carbons (Fsp3) is 0.154. The third kappa shape index (κ3) is 6.91. The summed E-state index contributed by atoms with van der Waals surface area (Å²) >= 11 is 0. The van der Waals surface area contributed by atoms with Crippen LogP contribution in [0, 0.1) is 13.8 Å². The van der Waals surface area contributed by atoms with Crippen molar-refractivity contribution >= 4 is 40.5 Å². The number of anilines is 6. The topological polar surface area (TPSA) is 113 Å². The third-order valence-electron chi connectivity index (χ3n) is 4.85. The van der Waals surface area contributed by atoms with Crippen molar-refractivity contribution in [2.75, 3.05) is 27.9 Å². The molecule has 0 aliphatic carbocycles. The zero-order valence-electron chi connectivity index (χ0n) is 19.8. The maximum Gasteiger partial charge on any atom is 0.323 e. The first kappa shape index (κ1) is 23.5. The summed E-state index contributed by atoms with van der Waals surface area (Å²) in [7, 11) is 0. The minimum absolute atomic E-state index is 0.332. The van der Waals surface area contributed by atoms with Crippen LogP contribution in [0.25, 0.3) is 0 Å². The predicted molar refractivity (Wildman–Crippen MR) is 139 cm³/mol. The number of ether oxygens (including phenoxy) is 1. The van der Waals surface area contributed by atoms with Crippen molar-refractivity contribution in [2.45, 2.75) is 20.8 Å². The highest BCUT2D eigenvalue weighted by atomic mass is 16.5. The number of rotatable bonds is 8. The normalized spacial score (nSPS) is 10.4. The summed E-state index contributed by atoms with van der Waals surface area (Å²) in [6.45, 7) is 6.36. The van der Waals surface area contributed by atoms with Crippen LogP contribution >= 0.6 is 0 Å². The quantitative estimate of drug-likeness (QED) is 0.250. The minimum Gasteiger partial charge on any atom is -0.494 e. The summed E-state index contributed by atoms with van der Waals surface area (Å²) < 4.78 is 5.41. The lowest BCUT2D eigenvalue weighted by Gasteiger charge is -2.11. The van der Waals surface area contributed by atoms with Gasteiger partial charge in [0.25, 0.3) is 0 Å². The summed E-state index contributed by atoms with van der Waals surface area (Å²) in [5.74, 6) is 3.38. The Morgan fingerprint density at radius 3 is 2.00 bits per heavy atom. The second kappa shape index (κ2) is 11.0. The fourth-order valence-electron chi connectivity index (χ4n) is 3.31. The van der Waals surface area contributed by atoms with E-state index >= 15 is 0 Å². The molecule has 0 saturated carbocycles. The van der Waals surface area contributed by atoms with Crippen LogP contribution < -0.4 is 26.0 Å². The second-order valence-electron chi connectivity index (χ2n) is 7.77. The molecule has 0 unspecified atom stereocenters. The van der Waals surface area contributed by atoms with Gasteiger partial charge in [0.2, 0.25) is 0 Å². The highest BCUT2D eigenvalue weighted by Gasteiger charge is 2.06. The van der Waals surface area contributed by atoms with Crippen molar-refractivity contribution in [1.29, 1.82) is 0 Å². The first-order valence-electron chi connectivity index (χ1n) is 11.2. The van der Waals surface area contributed by atoms with E-state index in [0.29, 0.717) is 41.3 Å². The Balaban J connectivity index is 1.35. The molecule has 0 saturated heterocycles. The van der Waals surface area contributed by atoms with Crippen LogP contribution in [0.1, 0.15) is 18.3 Å². The maximum atomic E-state index is 12.3. The van der Waals surface area contributed by atoms with Gasteiger partial charge in [0, 0.05) is 29.3 Å². The van der Waals surface area contributed by atoms with Gasteiger partial charge in [0.15, 0.2) is 0 Å². The van der Waals surface area contributed by atoms with Crippen molar-refractivity contribution in [1.82, 2.24) is 15.0 Å². The molecule has 2 aromatic heterocycles. The Morgan fingerprint density at radius 2 is 1.37 bits per heavy atom. The molecule has 0 spiro atoms. The lowest BCUT2D eigenvalue weighted by molar-refractivity contribution is 0.262. The Morgan fingerprint density at radius 1 is 0.771 bits per heavy atom. The van der Waals surface area contributed by atoms with E-state index in [2.05, 4.69) is 36.2 Å². The Labute approximate surface area is 204 Å². The molecule has 9 heteroatoms. The number of hydrogen-bond donors (Lipinski definition) is 4. The molecule has 0 bridgehead atoms. The van der Waals surface area contributed by atoms with Crippen LogP contribution in [-0.4, -0.2) is 27.6 Å². The third-order valence-corrected chi connectivity index (χ3v) is 4.85. The van der Waals surface area contributed by atoms with E-state index in [9.17, 15) is 4.79 Å². The van der Waals surface area contributed by atoms with E-state index in [1.807, 2.05) is 75.4 Å². The molecule has 2 aromatic carbocycles. The summed E-state index contributed by atoms with van der Waals surface area (Å²) in [4.78, 5) is 25.5. The predicted octanol–water partition coefficient (Wildman–Crippen LogP) is 6.02. The lowest BCUT2D eigenvalue weighted by Crippen LogP contribution is -2.19. The molecular formula is C26H27N7O2. The molecule has 178 valence electrons. The highest BCUT2D eigenvalue weighted by molar-refractivity contribution is 5.99. The molecule has 9 nitrogen and oxygen atoms in total. The Kier molecular flexibility index (Phi) is 7.37. The zero-order chi connectivity index (χ0) is 24.6. The van der Waals surface area contributed by atoms with E-state index < -0.39 is 0 Å². The number of aromatic nitrogens is 3. The van der Waals surface area contributed by atoms with Gasteiger partial charge in [-0.25, -0.2) is 19.7 Å². The van der Waals surface area contributed by atoms with Crippen LogP contribution in [0.3, 0.4) is 0 Å². The molecule has 4 rings (SSSR count). The van der Waals surface area contributed by atoms with Gasteiger partial charge < -0.3 is 26.0 Å². The van der Waals surface area contributed by atoms with Crippen LogP contribution in [0.15, 0.2) is 72.9 Å². The number of benzene rings is 2. The van der Waals surface area contributed by atoms with Crippen molar-refractivity contribution in [3.63, 3.8) is 0 Å². The zero-order valence-corrected chi connectivity index (χ0v) is 19.8. The number of carbonyl (C=O) groups is 1. The van der Waals surface area contributed by atoms with Crippen molar-refractivity contribution in [2.24, 2.45) is 0 Å². The fourth-order valence-corrected chi connectivity index (χ4v) is 3.31. The van der Waals surface area contributed by atoms with Gasteiger partial charge in [-0.05, 0) is 87.0 Å². The smallest absolute Gasteiger partial charge is 0.323 e. The van der Waals surface area contributed by atoms with Gasteiger partial charge >= 0.3 is 6.03 Å². The molecule has 0 aliphatic rings. The van der Waals surface area contributed by atoms with Gasteiger partial charge in [0.05, 0.1) is 6.61 Å². The molecule has 0 aliphatic heterocycles. The molecule has 35 heavy (non-hydrogen) atoms. The van der Waals surface area contributed by atoms with E-state index in [0.717, 1.165) is 17.0 Å². The van der Waals surface area contributed by atoms with Crippen molar-refractivity contribution < 1.29 is 9.53 Å². The van der Waals surface area contributed by atoms with Gasteiger partial charge in [-0.2, -0.15) is 0 Å². The monoisotopic (exact) mass is 469 g/mol. The maximum absolute atomic E-state index is 12.3. The summed E-state index contributed by atoms with van der Waals surface area (Å²) in [5, 5.41) is 12.1. The van der Waals surface area contributed by atoms with Gasteiger partial charge in [-0.3, -0.25) is 0 Å². The first-order chi connectivity index (χ1) is 17.0. The number of nitrogens with one attached hydrogen (secondary N) is 4.